The highest BCUT2D eigenvalue weighted by Crippen LogP contribution is 2.27. The van der Waals surface area contributed by atoms with Crippen LogP contribution in [0.1, 0.15) is 16.4 Å². The van der Waals surface area contributed by atoms with Gasteiger partial charge in [-0.2, -0.15) is 8.42 Å². The predicted octanol–water partition coefficient (Wildman–Crippen LogP) is 2.77. The Morgan fingerprint density at radius 3 is 2.10 bits per heavy atom. The van der Waals surface area contributed by atoms with Crippen LogP contribution < -0.4 is 0 Å². The van der Waals surface area contributed by atoms with Crippen molar-refractivity contribution in [2.45, 2.75) is 11.7 Å². The summed E-state index contributed by atoms with van der Waals surface area (Å²) in [5.74, 6) is 0. The maximum Gasteiger partial charge on any atom is 0.272 e. The molecule has 0 saturated heterocycles. The van der Waals surface area contributed by atoms with Gasteiger partial charge in [0, 0.05) is 12.1 Å². The van der Waals surface area contributed by atoms with E-state index in [-0.39, 0.29) is 12.1 Å². The van der Waals surface area contributed by atoms with E-state index in [2.05, 4.69) is 0 Å². The molecular weight excluding hydrogens is 294 g/mol. The van der Waals surface area contributed by atoms with Gasteiger partial charge < -0.3 is 0 Å². The smallest absolute Gasteiger partial charge is 0.272 e. The van der Waals surface area contributed by atoms with Crippen molar-refractivity contribution >= 4 is 15.8 Å². The van der Waals surface area contributed by atoms with Gasteiger partial charge >= 0.3 is 0 Å². The Hall–Kier alpha value is -2.25. The van der Waals surface area contributed by atoms with Crippen LogP contribution in [0.3, 0.4) is 0 Å². The van der Waals surface area contributed by atoms with Gasteiger partial charge in [0.1, 0.15) is 5.25 Å². The van der Waals surface area contributed by atoms with Crippen molar-refractivity contribution in [3.8, 4) is 0 Å². The molecule has 2 rings (SSSR count). The Morgan fingerprint density at radius 1 is 1.05 bits per heavy atom. The molecule has 0 aliphatic heterocycles. The first-order chi connectivity index (χ1) is 9.88. The van der Waals surface area contributed by atoms with Gasteiger partial charge in [0.15, 0.2) is 0 Å². The van der Waals surface area contributed by atoms with Crippen LogP contribution in [-0.4, -0.2) is 17.9 Å². The zero-order chi connectivity index (χ0) is 15.5. The van der Waals surface area contributed by atoms with Gasteiger partial charge in [-0.15, -0.1) is 0 Å². The van der Waals surface area contributed by atoms with Crippen LogP contribution in [0.5, 0.6) is 0 Å². The number of nitro groups is 1. The van der Waals surface area contributed by atoms with E-state index >= 15 is 0 Å². The highest BCUT2D eigenvalue weighted by atomic mass is 32.2. The summed E-state index contributed by atoms with van der Waals surface area (Å²) < 4.78 is 32.6. The molecule has 0 radical (unpaired) electrons. The number of nitro benzene ring substituents is 1. The van der Waals surface area contributed by atoms with Gasteiger partial charge in [-0.25, -0.2) is 0 Å². The fourth-order valence-corrected chi connectivity index (χ4v) is 2.94. The lowest BCUT2D eigenvalue weighted by Gasteiger charge is -2.14. The highest BCUT2D eigenvalue weighted by Gasteiger charge is 2.26. The number of non-ortho nitro benzene ring substituents is 1. The molecule has 0 aromatic heterocycles. The molecule has 0 spiro atoms. The molecule has 0 fully saturated rings. The fraction of sp³-hybridized carbons (Fsp3) is 0.143. The van der Waals surface area contributed by atoms with E-state index in [1.54, 1.807) is 30.3 Å². The predicted molar refractivity (Wildman–Crippen MR) is 77.5 cm³/mol. The minimum atomic E-state index is -4.32. The molecule has 1 atom stereocenters. The van der Waals surface area contributed by atoms with E-state index in [0.717, 1.165) is 5.56 Å². The van der Waals surface area contributed by atoms with E-state index in [4.69, 9.17) is 0 Å². The number of nitrogens with zero attached hydrogens (tertiary/aromatic N) is 1. The zero-order valence-electron chi connectivity index (χ0n) is 10.9. The minimum absolute atomic E-state index is 0.0947. The summed E-state index contributed by atoms with van der Waals surface area (Å²) >= 11 is 0. The molecule has 1 unspecified atom stereocenters. The van der Waals surface area contributed by atoms with Crippen LogP contribution in [0.4, 0.5) is 5.69 Å². The van der Waals surface area contributed by atoms with Crippen LogP contribution >= 0.6 is 0 Å². The number of hydrogen-bond donors (Lipinski definition) is 1. The van der Waals surface area contributed by atoms with Crippen molar-refractivity contribution in [3.05, 3.63) is 75.8 Å². The number of rotatable bonds is 5. The van der Waals surface area contributed by atoms with Crippen molar-refractivity contribution in [3.63, 3.8) is 0 Å². The highest BCUT2D eigenvalue weighted by molar-refractivity contribution is 7.86. The van der Waals surface area contributed by atoms with Crippen molar-refractivity contribution in [2.24, 2.45) is 0 Å². The molecule has 2 aromatic rings. The summed E-state index contributed by atoms with van der Waals surface area (Å²) in [5.41, 5.74) is 0.929. The summed E-state index contributed by atoms with van der Waals surface area (Å²) in [6.07, 6.45) is 0.0947. The molecule has 0 saturated carbocycles. The van der Waals surface area contributed by atoms with Gasteiger partial charge in [0.05, 0.1) is 4.92 Å². The first-order valence-electron chi connectivity index (χ1n) is 6.12. The molecule has 21 heavy (non-hydrogen) atoms. The van der Waals surface area contributed by atoms with Crippen LogP contribution in [-0.2, 0) is 16.5 Å². The SMILES string of the molecule is O=[N+]([O-])c1ccc(C(Cc2ccccc2)S(=O)(=O)O)cc1. The topological polar surface area (TPSA) is 97.5 Å². The first kappa shape index (κ1) is 15.1. The van der Waals surface area contributed by atoms with Crippen LogP contribution in [0.25, 0.3) is 0 Å². The van der Waals surface area contributed by atoms with Gasteiger partial charge in [-0.3, -0.25) is 14.7 Å². The first-order valence-corrected chi connectivity index (χ1v) is 7.63. The van der Waals surface area contributed by atoms with Gasteiger partial charge in [0.25, 0.3) is 15.8 Å². The van der Waals surface area contributed by atoms with Gasteiger partial charge in [-0.1, -0.05) is 42.5 Å². The molecule has 0 bridgehead atoms. The lowest BCUT2D eigenvalue weighted by molar-refractivity contribution is -0.384. The third-order valence-corrected chi connectivity index (χ3v) is 4.26. The second kappa shape index (κ2) is 6.02. The monoisotopic (exact) mass is 307 g/mol. The maximum atomic E-state index is 11.6. The second-order valence-corrected chi connectivity index (χ2v) is 6.14. The molecule has 110 valence electrons. The average Bonchev–Trinajstić information content (AvgIpc) is 2.45. The largest absolute Gasteiger partial charge is 0.285 e. The average molecular weight is 307 g/mol. The van der Waals surface area contributed by atoms with E-state index < -0.39 is 20.3 Å². The molecule has 7 heteroatoms. The van der Waals surface area contributed by atoms with Crippen LogP contribution in [0.2, 0.25) is 0 Å². The summed E-state index contributed by atoms with van der Waals surface area (Å²) in [7, 11) is -4.32. The van der Waals surface area contributed by atoms with Gasteiger partial charge in [-0.05, 0) is 17.5 Å². The Balaban J connectivity index is 2.35. The Kier molecular flexibility index (Phi) is 4.35. The quantitative estimate of drug-likeness (QED) is 0.520. The lowest BCUT2D eigenvalue weighted by atomic mass is 10.0. The molecule has 1 N–H and O–H groups in total. The zero-order valence-corrected chi connectivity index (χ0v) is 11.7. The molecule has 2 aromatic carbocycles. The van der Waals surface area contributed by atoms with E-state index in [0.29, 0.717) is 5.56 Å². The third kappa shape index (κ3) is 3.87. The number of benzene rings is 2. The fourth-order valence-electron chi connectivity index (χ4n) is 2.03. The van der Waals surface area contributed by atoms with Crippen molar-refractivity contribution in [1.82, 2.24) is 0 Å². The summed E-state index contributed by atoms with van der Waals surface area (Å²) in [4.78, 5) is 10.0. The minimum Gasteiger partial charge on any atom is -0.285 e. The molecule has 0 heterocycles. The van der Waals surface area contributed by atoms with E-state index in [9.17, 15) is 23.1 Å². The van der Waals surface area contributed by atoms with Crippen molar-refractivity contribution in [2.75, 3.05) is 0 Å². The Labute approximate surface area is 121 Å². The standard InChI is InChI=1S/C14H13NO5S/c16-15(17)13-8-6-12(7-9-13)14(21(18,19)20)10-11-4-2-1-3-5-11/h1-9,14H,10H2,(H,18,19,20). The van der Waals surface area contributed by atoms with E-state index in [1.807, 2.05) is 0 Å². The van der Waals surface area contributed by atoms with E-state index in [1.165, 1.54) is 24.3 Å². The second-order valence-electron chi connectivity index (χ2n) is 4.54. The molecule has 0 amide bonds. The normalized spacial score (nSPS) is 12.8. The molecule has 0 aliphatic carbocycles. The summed E-state index contributed by atoms with van der Waals surface area (Å²) in [6.45, 7) is 0. The molecule has 0 aliphatic rings. The van der Waals surface area contributed by atoms with Crippen molar-refractivity contribution in [1.29, 1.82) is 0 Å². The molecular formula is C14H13NO5S. The summed E-state index contributed by atoms with van der Waals surface area (Å²) in [5, 5.41) is 9.46. The Bertz CT molecular complexity index is 726. The summed E-state index contributed by atoms with van der Waals surface area (Å²) in [6, 6.07) is 14.0. The maximum absolute atomic E-state index is 11.6. The molecule has 6 nitrogen and oxygen atoms in total. The number of hydrogen-bond acceptors (Lipinski definition) is 4. The van der Waals surface area contributed by atoms with Crippen molar-refractivity contribution < 1.29 is 17.9 Å². The third-order valence-electron chi connectivity index (χ3n) is 3.10. The van der Waals surface area contributed by atoms with Crippen LogP contribution in [0, 0.1) is 10.1 Å². The Morgan fingerprint density at radius 2 is 1.62 bits per heavy atom. The van der Waals surface area contributed by atoms with Gasteiger partial charge in [0.2, 0.25) is 0 Å². The van der Waals surface area contributed by atoms with Crippen LogP contribution in [0.15, 0.2) is 54.6 Å². The lowest BCUT2D eigenvalue weighted by Crippen LogP contribution is -2.15.